The van der Waals surface area contributed by atoms with E-state index in [4.69, 9.17) is 5.11 Å². The van der Waals surface area contributed by atoms with E-state index in [0.717, 1.165) is 19.1 Å². The lowest BCUT2D eigenvalue weighted by molar-refractivity contribution is -0.137. The van der Waals surface area contributed by atoms with Crippen molar-refractivity contribution < 1.29 is 18.3 Å². The lowest BCUT2D eigenvalue weighted by atomic mass is 10.0. The standard InChI is InChI=1S/C11H22N2O4S/c1-9(8-14)12(2)11(15)10-6-4-5-7-13(10)18(3,16)17/h9-10,14H,4-8H2,1-3H3. The highest BCUT2D eigenvalue weighted by Gasteiger charge is 2.36. The first kappa shape index (κ1) is 15.4. The minimum atomic E-state index is -3.36. The van der Waals surface area contributed by atoms with Crippen LogP contribution in [0.1, 0.15) is 26.2 Å². The van der Waals surface area contributed by atoms with Crippen LogP contribution in [0.15, 0.2) is 0 Å². The number of likely N-dealkylation sites (N-methyl/N-ethyl adjacent to an activating group) is 1. The molecule has 0 bridgehead atoms. The minimum absolute atomic E-state index is 0.131. The Morgan fingerprint density at radius 3 is 2.61 bits per heavy atom. The van der Waals surface area contributed by atoms with Gasteiger partial charge in [0.25, 0.3) is 0 Å². The average molecular weight is 278 g/mol. The zero-order valence-corrected chi connectivity index (χ0v) is 12.0. The van der Waals surface area contributed by atoms with Gasteiger partial charge in [0, 0.05) is 13.6 Å². The van der Waals surface area contributed by atoms with Gasteiger partial charge in [-0.05, 0) is 19.8 Å². The number of carbonyl (C=O) groups is 1. The number of hydrogen-bond donors (Lipinski definition) is 1. The fraction of sp³-hybridized carbons (Fsp3) is 0.909. The van der Waals surface area contributed by atoms with Crippen molar-refractivity contribution in [2.75, 3.05) is 26.5 Å². The number of hydrogen-bond acceptors (Lipinski definition) is 4. The third-order valence-electron chi connectivity index (χ3n) is 3.44. The molecule has 1 aliphatic heterocycles. The van der Waals surface area contributed by atoms with Crippen molar-refractivity contribution >= 4 is 15.9 Å². The third kappa shape index (κ3) is 3.43. The van der Waals surface area contributed by atoms with Gasteiger partial charge in [0.1, 0.15) is 6.04 Å². The Balaban J connectivity index is 2.87. The monoisotopic (exact) mass is 278 g/mol. The Hall–Kier alpha value is -0.660. The van der Waals surface area contributed by atoms with Gasteiger partial charge in [0.05, 0.1) is 18.9 Å². The van der Waals surface area contributed by atoms with Crippen molar-refractivity contribution in [2.24, 2.45) is 0 Å². The zero-order valence-electron chi connectivity index (χ0n) is 11.2. The fourth-order valence-corrected chi connectivity index (χ4v) is 3.24. The van der Waals surface area contributed by atoms with Crippen molar-refractivity contribution in [3.63, 3.8) is 0 Å². The number of sulfonamides is 1. The molecule has 1 N–H and O–H groups in total. The van der Waals surface area contributed by atoms with Gasteiger partial charge in [0.15, 0.2) is 0 Å². The van der Waals surface area contributed by atoms with Crippen LogP contribution in [0.2, 0.25) is 0 Å². The van der Waals surface area contributed by atoms with Crippen LogP contribution in [-0.2, 0) is 14.8 Å². The van der Waals surface area contributed by atoms with Gasteiger partial charge >= 0.3 is 0 Å². The maximum absolute atomic E-state index is 12.3. The smallest absolute Gasteiger partial charge is 0.241 e. The molecular weight excluding hydrogens is 256 g/mol. The summed E-state index contributed by atoms with van der Waals surface area (Å²) in [5.41, 5.74) is 0. The topological polar surface area (TPSA) is 77.9 Å². The average Bonchev–Trinajstić information content (AvgIpc) is 2.35. The van der Waals surface area contributed by atoms with Crippen LogP contribution in [0.5, 0.6) is 0 Å². The highest BCUT2D eigenvalue weighted by Crippen LogP contribution is 2.21. The second kappa shape index (κ2) is 5.99. The van der Waals surface area contributed by atoms with Crippen molar-refractivity contribution in [2.45, 2.75) is 38.3 Å². The lowest BCUT2D eigenvalue weighted by Crippen LogP contribution is -2.53. The van der Waals surface area contributed by atoms with Gasteiger partial charge < -0.3 is 10.0 Å². The van der Waals surface area contributed by atoms with Gasteiger partial charge in [0.2, 0.25) is 15.9 Å². The highest BCUT2D eigenvalue weighted by atomic mass is 32.2. The van der Waals surface area contributed by atoms with Crippen LogP contribution >= 0.6 is 0 Å². The summed E-state index contributed by atoms with van der Waals surface area (Å²) >= 11 is 0. The second-order valence-corrected chi connectivity index (χ2v) is 6.80. The first-order valence-corrected chi connectivity index (χ1v) is 7.98. The van der Waals surface area contributed by atoms with Crippen LogP contribution in [0.25, 0.3) is 0 Å². The molecular formula is C11H22N2O4S. The predicted molar refractivity (Wildman–Crippen MR) is 68.5 cm³/mol. The van der Waals surface area contributed by atoms with Crippen LogP contribution in [0.4, 0.5) is 0 Å². The second-order valence-electron chi connectivity index (χ2n) is 4.87. The molecule has 1 fully saturated rings. The fourth-order valence-electron chi connectivity index (χ4n) is 2.12. The summed E-state index contributed by atoms with van der Waals surface area (Å²) in [6.07, 6.45) is 3.32. The normalized spacial score (nSPS) is 23.7. The number of nitrogens with zero attached hydrogens (tertiary/aromatic N) is 2. The van der Waals surface area contributed by atoms with Crippen LogP contribution in [-0.4, -0.2) is 67.2 Å². The summed E-state index contributed by atoms with van der Waals surface area (Å²) < 4.78 is 24.6. The molecule has 0 radical (unpaired) electrons. The maximum Gasteiger partial charge on any atom is 0.241 e. The van der Waals surface area contributed by atoms with E-state index < -0.39 is 16.1 Å². The predicted octanol–water partition coefficient (Wildman–Crippen LogP) is -0.360. The van der Waals surface area contributed by atoms with E-state index in [2.05, 4.69) is 0 Å². The number of amides is 1. The molecule has 1 aliphatic rings. The Labute approximate surface area is 109 Å². The van der Waals surface area contributed by atoms with Gasteiger partial charge in [-0.2, -0.15) is 4.31 Å². The quantitative estimate of drug-likeness (QED) is 0.762. The molecule has 0 aliphatic carbocycles. The van der Waals surface area contributed by atoms with E-state index in [9.17, 15) is 13.2 Å². The molecule has 1 rings (SSSR count). The summed E-state index contributed by atoms with van der Waals surface area (Å²) in [6.45, 7) is 2.00. The molecule has 6 nitrogen and oxygen atoms in total. The summed E-state index contributed by atoms with van der Waals surface area (Å²) in [7, 11) is -1.77. The number of aliphatic hydroxyl groups is 1. The van der Waals surface area contributed by atoms with Crippen molar-refractivity contribution in [1.82, 2.24) is 9.21 Å². The zero-order chi connectivity index (χ0) is 13.9. The third-order valence-corrected chi connectivity index (χ3v) is 4.73. The molecule has 7 heteroatoms. The van der Waals surface area contributed by atoms with Crippen molar-refractivity contribution in [1.29, 1.82) is 0 Å². The minimum Gasteiger partial charge on any atom is -0.394 e. The van der Waals surface area contributed by atoms with Gasteiger partial charge in [-0.25, -0.2) is 8.42 Å². The van der Waals surface area contributed by atoms with Gasteiger partial charge in [-0.15, -0.1) is 0 Å². The van der Waals surface area contributed by atoms with Crippen molar-refractivity contribution in [3.8, 4) is 0 Å². The molecule has 2 atom stereocenters. The van der Waals surface area contributed by atoms with Crippen LogP contribution in [0, 0.1) is 0 Å². The molecule has 1 amide bonds. The van der Waals surface area contributed by atoms with E-state index in [-0.39, 0.29) is 18.6 Å². The summed E-state index contributed by atoms with van der Waals surface area (Å²) in [4.78, 5) is 13.7. The van der Waals surface area contributed by atoms with E-state index in [1.54, 1.807) is 14.0 Å². The van der Waals surface area contributed by atoms with E-state index >= 15 is 0 Å². The van der Waals surface area contributed by atoms with Gasteiger partial charge in [-0.3, -0.25) is 4.79 Å². The highest BCUT2D eigenvalue weighted by molar-refractivity contribution is 7.88. The molecule has 1 heterocycles. The Morgan fingerprint density at radius 2 is 2.11 bits per heavy atom. The first-order chi connectivity index (χ1) is 8.29. The Bertz CT molecular complexity index is 396. The molecule has 0 aromatic carbocycles. The first-order valence-electron chi connectivity index (χ1n) is 6.13. The number of aliphatic hydroxyl groups excluding tert-OH is 1. The van der Waals surface area contributed by atoms with Gasteiger partial charge in [-0.1, -0.05) is 6.42 Å². The Kier molecular flexibility index (Phi) is 5.12. The van der Waals surface area contributed by atoms with Crippen LogP contribution < -0.4 is 0 Å². The number of piperidine rings is 1. The number of carbonyl (C=O) groups excluding carboxylic acids is 1. The summed E-state index contributed by atoms with van der Waals surface area (Å²) in [5.74, 6) is -0.235. The van der Waals surface area contributed by atoms with Crippen LogP contribution in [0.3, 0.4) is 0 Å². The molecule has 0 saturated carbocycles. The molecule has 2 unspecified atom stereocenters. The van der Waals surface area contributed by atoms with E-state index in [1.165, 1.54) is 9.21 Å². The van der Waals surface area contributed by atoms with Crippen molar-refractivity contribution in [3.05, 3.63) is 0 Å². The molecule has 0 aromatic rings. The van der Waals surface area contributed by atoms with E-state index in [0.29, 0.717) is 13.0 Å². The van der Waals surface area contributed by atoms with E-state index in [1.807, 2.05) is 0 Å². The molecule has 0 spiro atoms. The summed E-state index contributed by atoms with van der Waals surface area (Å²) in [6, 6.07) is -0.923. The maximum atomic E-state index is 12.3. The summed E-state index contributed by atoms with van der Waals surface area (Å²) in [5, 5.41) is 9.05. The SMILES string of the molecule is CC(CO)N(C)C(=O)C1CCCCN1S(C)(=O)=O. The number of rotatable bonds is 4. The molecule has 0 aromatic heterocycles. The molecule has 106 valence electrons. The lowest BCUT2D eigenvalue weighted by Gasteiger charge is -2.36. The molecule has 18 heavy (non-hydrogen) atoms. The Morgan fingerprint density at radius 1 is 1.50 bits per heavy atom. The largest absolute Gasteiger partial charge is 0.394 e. The molecule has 1 saturated heterocycles.